The molecule has 7 rings (SSSR count). The van der Waals surface area contributed by atoms with E-state index in [2.05, 4.69) is 79.4 Å². The Kier molecular flexibility index (Phi) is 5.36. The second-order valence-corrected chi connectivity index (χ2v) is 10.6. The number of anilines is 1. The fraction of sp³-hybridized carbons (Fsp3) is 0.167. The van der Waals surface area contributed by atoms with Gasteiger partial charge in [0, 0.05) is 44.4 Å². The third-order valence-corrected chi connectivity index (χ3v) is 8.24. The number of benzene rings is 2. The quantitative estimate of drug-likeness (QED) is 0.226. The van der Waals surface area contributed by atoms with E-state index in [9.17, 15) is 4.79 Å². The Morgan fingerprint density at radius 1 is 0.919 bits per heavy atom. The van der Waals surface area contributed by atoms with Gasteiger partial charge >= 0.3 is 0 Å². The molecule has 1 saturated carbocycles. The second-order valence-electron chi connectivity index (χ2n) is 9.69. The fourth-order valence-electron chi connectivity index (χ4n) is 5.43. The van der Waals surface area contributed by atoms with E-state index in [1.807, 2.05) is 18.3 Å². The molecule has 1 aliphatic carbocycles. The average molecular weight is 504 g/mol. The number of fused-ring (bicyclic) bond motifs is 2. The van der Waals surface area contributed by atoms with Gasteiger partial charge in [-0.1, -0.05) is 37.1 Å². The van der Waals surface area contributed by atoms with Crippen molar-refractivity contribution in [2.24, 2.45) is 5.92 Å². The Hall–Kier alpha value is -4.23. The maximum Gasteiger partial charge on any atom is 0.227 e. The van der Waals surface area contributed by atoms with E-state index in [-0.39, 0.29) is 11.8 Å². The van der Waals surface area contributed by atoms with Crippen molar-refractivity contribution < 1.29 is 4.79 Å². The molecule has 182 valence electrons. The maximum absolute atomic E-state index is 12.6. The van der Waals surface area contributed by atoms with E-state index in [0.29, 0.717) is 0 Å². The summed E-state index contributed by atoms with van der Waals surface area (Å²) in [6.45, 7) is 0. The third kappa shape index (κ3) is 4.01. The molecule has 1 aliphatic rings. The smallest absolute Gasteiger partial charge is 0.227 e. The number of amides is 1. The van der Waals surface area contributed by atoms with Gasteiger partial charge in [-0.15, -0.1) is 11.3 Å². The Morgan fingerprint density at radius 2 is 1.84 bits per heavy atom. The highest BCUT2D eigenvalue weighted by Gasteiger charge is 2.23. The van der Waals surface area contributed by atoms with E-state index < -0.39 is 0 Å². The van der Waals surface area contributed by atoms with E-state index >= 15 is 0 Å². The highest BCUT2D eigenvalue weighted by Crippen LogP contribution is 2.36. The largest absolute Gasteiger partial charge is 0.353 e. The number of H-pyrrole nitrogens is 2. The Balaban J connectivity index is 1.25. The highest BCUT2D eigenvalue weighted by atomic mass is 32.1. The Bertz CT molecular complexity index is 1740. The average Bonchev–Trinajstić information content (AvgIpc) is 3.74. The molecule has 6 nitrogen and oxygen atoms in total. The third-order valence-electron chi connectivity index (χ3n) is 7.33. The van der Waals surface area contributed by atoms with Gasteiger partial charge in [-0.25, -0.2) is 0 Å². The van der Waals surface area contributed by atoms with E-state index in [1.54, 1.807) is 17.5 Å². The van der Waals surface area contributed by atoms with Crippen LogP contribution in [0.15, 0.2) is 78.4 Å². The first kappa shape index (κ1) is 22.0. The summed E-state index contributed by atoms with van der Waals surface area (Å²) in [7, 11) is 0. The van der Waals surface area contributed by atoms with Crippen LogP contribution in [0.5, 0.6) is 0 Å². The number of rotatable bonds is 5. The van der Waals surface area contributed by atoms with Crippen molar-refractivity contribution in [3.8, 4) is 33.0 Å². The minimum absolute atomic E-state index is 0.102. The molecule has 37 heavy (non-hydrogen) atoms. The summed E-state index contributed by atoms with van der Waals surface area (Å²) in [5, 5.41) is 15.2. The zero-order valence-corrected chi connectivity index (χ0v) is 20.9. The summed E-state index contributed by atoms with van der Waals surface area (Å²) in [6, 6.07) is 21.0. The highest BCUT2D eigenvalue weighted by molar-refractivity contribution is 7.13. The molecule has 0 unspecified atom stereocenters. The minimum Gasteiger partial charge on any atom is -0.353 e. The number of hydrogen-bond donors (Lipinski definition) is 3. The van der Waals surface area contributed by atoms with Gasteiger partial charge in [0.25, 0.3) is 0 Å². The predicted molar refractivity (Wildman–Crippen MR) is 151 cm³/mol. The first-order valence-electron chi connectivity index (χ1n) is 12.6. The Morgan fingerprint density at radius 3 is 2.70 bits per heavy atom. The van der Waals surface area contributed by atoms with Gasteiger partial charge < -0.3 is 10.3 Å². The number of carbonyl (C=O) groups is 1. The van der Waals surface area contributed by atoms with Crippen LogP contribution in [-0.2, 0) is 4.79 Å². The van der Waals surface area contributed by atoms with Crippen molar-refractivity contribution in [2.45, 2.75) is 25.7 Å². The van der Waals surface area contributed by atoms with Crippen LogP contribution in [0.1, 0.15) is 25.7 Å². The molecule has 0 spiro atoms. The molecule has 0 saturated heterocycles. The van der Waals surface area contributed by atoms with Gasteiger partial charge in [0.2, 0.25) is 5.91 Å². The van der Waals surface area contributed by atoms with Crippen molar-refractivity contribution in [1.29, 1.82) is 0 Å². The molecule has 0 bridgehead atoms. The summed E-state index contributed by atoms with van der Waals surface area (Å²) < 4.78 is 0. The number of thiophene rings is 1. The topological polar surface area (TPSA) is 86.5 Å². The van der Waals surface area contributed by atoms with Crippen LogP contribution in [0.3, 0.4) is 0 Å². The number of carbonyl (C=O) groups excluding carboxylic acids is 1. The molecule has 2 aromatic carbocycles. The van der Waals surface area contributed by atoms with Gasteiger partial charge in [-0.2, -0.15) is 5.10 Å². The zero-order chi connectivity index (χ0) is 24.8. The molecule has 3 N–H and O–H groups in total. The zero-order valence-electron chi connectivity index (χ0n) is 20.1. The van der Waals surface area contributed by atoms with Gasteiger partial charge in [-0.05, 0) is 60.2 Å². The molecule has 0 radical (unpaired) electrons. The fourth-order valence-corrected chi connectivity index (χ4v) is 6.19. The number of nitrogens with one attached hydrogen (secondary N) is 3. The minimum atomic E-state index is 0.102. The molecule has 4 heterocycles. The number of hydrogen-bond acceptors (Lipinski definition) is 4. The van der Waals surface area contributed by atoms with E-state index in [0.717, 1.165) is 70.3 Å². The lowest BCUT2D eigenvalue weighted by atomic mass is 10.0. The lowest BCUT2D eigenvalue weighted by Gasteiger charge is -2.11. The monoisotopic (exact) mass is 503 g/mol. The van der Waals surface area contributed by atoms with Gasteiger partial charge in [0.05, 0.1) is 23.1 Å². The standard InChI is InChI=1S/C30H25N5OS/c36-30(18-5-1-2-6-18)32-21-13-20(16-31-17-21)19-10-11-26-24(14-19)29(35-34-26)27-15-23-22(28-9-4-12-37-28)7-3-8-25(23)33-27/h3-4,7-18,33H,1-2,5-6H2,(H,32,36)(H,34,35). The second kappa shape index (κ2) is 9.01. The lowest BCUT2D eigenvalue weighted by molar-refractivity contribution is -0.119. The summed E-state index contributed by atoms with van der Waals surface area (Å²) in [4.78, 5) is 21.9. The van der Waals surface area contributed by atoms with Crippen LogP contribution in [0.4, 0.5) is 5.69 Å². The van der Waals surface area contributed by atoms with Crippen LogP contribution >= 0.6 is 11.3 Å². The van der Waals surface area contributed by atoms with Crippen molar-refractivity contribution >= 4 is 44.7 Å². The van der Waals surface area contributed by atoms with Gasteiger partial charge in [-0.3, -0.25) is 14.9 Å². The summed E-state index contributed by atoms with van der Waals surface area (Å²) >= 11 is 1.74. The van der Waals surface area contributed by atoms with Crippen LogP contribution in [-0.4, -0.2) is 26.1 Å². The molecule has 4 aromatic heterocycles. The number of nitrogens with zero attached hydrogens (tertiary/aromatic N) is 2. The lowest BCUT2D eigenvalue weighted by Crippen LogP contribution is -2.20. The summed E-state index contributed by atoms with van der Waals surface area (Å²) in [6.07, 6.45) is 7.77. The van der Waals surface area contributed by atoms with Crippen molar-refractivity contribution in [2.75, 3.05) is 5.32 Å². The molecule has 6 aromatic rings. The summed E-state index contributed by atoms with van der Waals surface area (Å²) in [5.41, 5.74) is 7.83. The molecular weight excluding hydrogens is 478 g/mol. The predicted octanol–water partition coefficient (Wildman–Crippen LogP) is 7.63. The first-order valence-corrected chi connectivity index (χ1v) is 13.5. The van der Waals surface area contributed by atoms with Crippen LogP contribution < -0.4 is 5.32 Å². The van der Waals surface area contributed by atoms with E-state index in [1.165, 1.54) is 15.8 Å². The first-order chi connectivity index (χ1) is 18.2. The SMILES string of the molecule is O=C(Nc1cncc(-c2ccc3[nH]nc(-c4cc5c(-c6cccs6)cccc5[nH]4)c3c2)c1)C1CCCC1. The molecule has 1 amide bonds. The maximum atomic E-state index is 12.6. The van der Waals surface area contributed by atoms with Crippen LogP contribution in [0.25, 0.3) is 54.8 Å². The van der Waals surface area contributed by atoms with Crippen LogP contribution in [0.2, 0.25) is 0 Å². The number of aromatic amines is 2. The number of aromatic nitrogens is 4. The van der Waals surface area contributed by atoms with Crippen molar-refractivity contribution in [1.82, 2.24) is 20.2 Å². The number of pyridine rings is 1. The van der Waals surface area contributed by atoms with Crippen molar-refractivity contribution in [3.05, 3.63) is 78.4 Å². The Labute approximate surface area is 217 Å². The molecule has 1 fully saturated rings. The molecular formula is C30H25N5OS. The molecule has 0 atom stereocenters. The normalized spacial score (nSPS) is 14.1. The van der Waals surface area contributed by atoms with Crippen molar-refractivity contribution in [3.63, 3.8) is 0 Å². The van der Waals surface area contributed by atoms with E-state index in [4.69, 9.17) is 0 Å². The van der Waals surface area contributed by atoms with Gasteiger partial charge in [0.1, 0.15) is 5.69 Å². The van der Waals surface area contributed by atoms with Crippen LogP contribution in [0, 0.1) is 5.92 Å². The summed E-state index contributed by atoms with van der Waals surface area (Å²) in [5.74, 6) is 0.217. The van der Waals surface area contributed by atoms with Gasteiger partial charge in [0.15, 0.2) is 0 Å². The molecule has 7 heteroatoms. The molecule has 0 aliphatic heterocycles.